The van der Waals surface area contributed by atoms with Crippen LogP contribution in [-0.2, 0) is 4.79 Å². The van der Waals surface area contributed by atoms with Gasteiger partial charge in [-0.05, 0) is 26.0 Å². The van der Waals surface area contributed by atoms with E-state index >= 15 is 0 Å². The zero-order valence-electron chi connectivity index (χ0n) is 14.0. The average Bonchev–Trinajstić information content (AvgIpc) is 2.53. The predicted molar refractivity (Wildman–Crippen MR) is 94.7 cm³/mol. The highest BCUT2D eigenvalue weighted by Crippen LogP contribution is 2.30. The Hall–Kier alpha value is -2.48. The van der Waals surface area contributed by atoms with E-state index in [0.717, 1.165) is 5.69 Å². The number of nitrogens with one attached hydrogen (secondary N) is 1. The fourth-order valence-electron chi connectivity index (χ4n) is 1.99. The van der Waals surface area contributed by atoms with Gasteiger partial charge in [-0.2, -0.15) is 0 Å². The van der Waals surface area contributed by atoms with Gasteiger partial charge >= 0.3 is 0 Å². The molecule has 3 N–H and O–H groups in total. The van der Waals surface area contributed by atoms with Crippen LogP contribution in [-0.4, -0.2) is 35.3 Å². The van der Waals surface area contributed by atoms with Crippen molar-refractivity contribution in [3.8, 4) is 11.5 Å². The molecule has 0 spiro atoms. The van der Waals surface area contributed by atoms with Crippen LogP contribution in [0.15, 0.2) is 29.4 Å². The number of nitrogens with two attached hydrogens (primary N) is 1. The van der Waals surface area contributed by atoms with Gasteiger partial charge in [-0.15, -0.1) is 0 Å². The Bertz CT molecular complexity index is 719. The summed E-state index contributed by atoms with van der Waals surface area (Å²) in [5.41, 5.74) is 7.09. The van der Waals surface area contributed by atoms with Crippen molar-refractivity contribution in [1.29, 1.82) is 0 Å². The summed E-state index contributed by atoms with van der Waals surface area (Å²) in [6.45, 7) is 3.61. The monoisotopic (exact) mass is 348 g/mol. The van der Waals surface area contributed by atoms with E-state index in [1.165, 1.54) is 11.8 Å². The van der Waals surface area contributed by atoms with Crippen molar-refractivity contribution in [3.05, 3.63) is 30.0 Å². The number of nitrogens with zero attached hydrogens (tertiary/aromatic N) is 2. The van der Waals surface area contributed by atoms with Gasteiger partial charge in [-0.1, -0.05) is 11.8 Å². The van der Waals surface area contributed by atoms with Crippen molar-refractivity contribution in [2.45, 2.75) is 24.3 Å². The van der Waals surface area contributed by atoms with Gasteiger partial charge in [0.2, 0.25) is 5.91 Å². The highest BCUT2D eigenvalue weighted by atomic mass is 32.2. The Balaban J connectivity index is 2.06. The molecule has 0 fully saturated rings. The molecule has 0 saturated heterocycles. The summed E-state index contributed by atoms with van der Waals surface area (Å²) in [6, 6.07) is 6.86. The largest absolute Gasteiger partial charge is 0.493 e. The van der Waals surface area contributed by atoms with Crippen LogP contribution >= 0.6 is 11.8 Å². The second-order valence-electron chi connectivity index (χ2n) is 5.04. The van der Waals surface area contributed by atoms with Crippen molar-refractivity contribution in [2.24, 2.45) is 0 Å². The van der Waals surface area contributed by atoms with Crippen molar-refractivity contribution in [3.63, 3.8) is 0 Å². The van der Waals surface area contributed by atoms with Crippen LogP contribution < -0.4 is 20.5 Å². The van der Waals surface area contributed by atoms with Gasteiger partial charge in [0.1, 0.15) is 5.82 Å². The summed E-state index contributed by atoms with van der Waals surface area (Å²) in [6.07, 6.45) is 0. The molecular formula is C16H20N4O3S. The third-order valence-corrected chi connectivity index (χ3v) is 4.12. The van der Waals surface area contributed by atoms with Crippen LogP contribution in [0.3, 0.4) is 0 Å². The minimum atomic E-state index is -0.390. The van der Waals surface area contributed by atoms with Gasteiger partial charge in [0.15, 0.2) is 16.7 Å². The maximum atomic E-state index is 12.3. The molecule has 1 atom stereocenters. The van der Waals surface area contributed by atoms with Gasteiger partial charge in [0.25, 0.3) is 0 Å². The molecule has 0 saturated carbocycles. The second-order valence-corrected chi connectivity index (χ2v) is 6.34. The lowest BCUT2D eigenvalue weighted by molar-refractivity contribution is -0.115. The van der Waals surface area contributed by atoms with E-state index in [1.54, 1.807) is 45.4 Å². The van der Waals surface area contributed by atoms with Crippen LogP contribution in [0.2, 0.25) is 0 Å². The summed E-state index contributed by atoms with van der Waals surface area (Å²) in [7, 11) is 3.10. The smallest absolute Gasteiger partial charge is 0.237 e. The molecule has 128 valence electrons. The number of rotatable bonds is 6. The molecule has 7 nitrogen and oxygen atoms in total. The van der Waals surface area contributed by atoms with E-state index in [2.05, 4.69) is 15.3 Å². The maximum absolute atomic E-state index is 12.3. The maximum Gasteiger partial charge on any atom is 0.237 e. The predicted octanol–water partition coefficient (Wildman–Crippen LogP) is 2.50. The van der Waals surface area contributed by atoms with E-state index in [4.69, 9.17) is 15.2 Å². The number of thioether (sulfide) groups is 1. The van der Waals surface area contributed by atoms with E-state index in [1.807, 2.05) is 6.92 Å². The number of ether oxygens (including phenoxy) is 2. The van der Waals surface area contributed by atoms with E-state index < -0.39 is 0 Å². The first kappa shape index (κ1) is 17.9. The first-order valence-corrected chi connectivity index (χ1v) is 8.11. The number of hydrogen-bond donors (Lipinski definition) is 2. The summed E-state index contributed by atoms with van der Waals surface area (Å²) in [5, 5.41) is 2.92. The lowest BCUT2D eigenvalue weighted by atomic mass is 10.2. The number of aryl methyl sites for hydroxylation is 1. The number of aromatic nitrogens is 2. The Morgan fingerprint density at radius 3 is 2.54 bits per heavy atom. The molecule has 1 aromatic heterocycles. The van der Waals surface area contributed by atoms with Gasteiger partial charge in [-0.25, -0.2) is 9.97 Å². The molecule has 0 bridgehead atoms. The van der Waals surface area contributed by atoms with E-state index in [9.17, 15) is 4.79 Å². The fraction of sp³-hybridized carbons (Fsp3) is 0.312. The van der Waals surface area contributed by atoms with Crippen molar-refractivity contribution < 1.29 is 14.3 Å². The number of anilines is 2. The number of nitrogen functional groups attached to an aromatic ring is 1. The van der Waals surface area contributed by atoms with Gasteiger partial charge < -0.3 is 20.5 Å². The van der Waals surface area contributed by atoms with Crippen LogP contribution in [0.5, 0.6) is 11.5 Å². The number of hydrogen-bond acceptors (Lipinski definition) is 7. The lowest BCUT2D eigenvalue weighted by Crippen LogP contribution is -2.22. The van der Waals surface area contributed by atoms with Crippen LogP contribution in [0.1, 0.15) is 12.6 Å². The quantitative estimate of drug-likeness (QED) is 0.611. The number of carbonyl (C=O) groups excluding carboxylic acids is 1. The summed E-state index contributed by atoms with van der Waals surface area (Å²) in [4.78, 5) is 20.7. The molecule has 0 aliphatic rings. The highest BCUT2D eigenvalue weighted by Gasteiger charge is 2.17. The summed E-state index contributed by atoms with van der Waals surface area (Å²) < 4.78 is 10.4. The van der Waals surface area contributed by atoms with Gasteiger partial charge in [0.05, 0.1) is 19.5 Å². The van der Waals surface area contributed by atoms with Crippen LogP contribution in [0.25, 0.3) is 0 Å². The summed E-state index contributed by atoms with van der Waals surface area (Å²) in [5.74, 6) is 1.36. The minimum Gasteiger partial charge on any atom is -0.493 e. The van der Waals surface area contributed by atoms with Crippen molar-refractivity contribution in [1.82, 2.24) is 9.97 Å². The molecule has 24 heavy (non-hydrogen) atoms. The molecule has 0 aliphatic carbocycles. The molecule has 1 heterocycles. The number of benzene rings is 1. The Morgan fingerprint density at radius 2 is 1.92 bits per heavy atom. The standard InChI is InChI=1S/C16H20N4O3S/c1-9-7-14(17)20-16(18-9)24-10(2)15(21)19-11-5-6-12(22-3)13(8-11)23-4/h5-8,10H,1-4H3,(H,19,21)(H2,17,18,20)/t10-/m1/s1. The number of carbonyl (C=O) groups is 1. The lowest BCUT2D eigenvalue weighted by Gasteiger charge is -2.13. The molecule has 0 aliphatic heterocycles. The topological polar surface area (TPSA) is 99.4 Å². The van der Waals surface area contributed by atoms with E-state index in [-0.39, 0.29) is 11.2 Å². The first-order valence-electron chi connectivity index (χ1n) is 7.23. The van der Waals surface area contributed by atoms with E-state index in [0.29, 0.717) is 28.2 Å². The SMILES string of the molecule is COc1ccc(NC(=O)[C@@H](C)Sc2nc(C)cc(N)n2)cc1OC. The molecule has 8 heteroatoms. The Morgan fingerprint density at radius 1 is 1.21 bits per heavy atom. The molecule has 0 unspecified atom stereocenters. The minimum absolute atomic E-state index is 0.170. The molecule has 0 radical (unpaired) electrons. The fourth-order valence-corrected chi connectivity index (χ4v) is 2.82. The second kappa shape index (κ2) is 7.87. The number of methoxy groups -OCH3 is 2. The average molecular weight is 348 g/mol. The third kappa shape index (κ3) is 4.51. The molecule has 2 aromatic rings. The van der Waals surface area contributed by atoms with Gasteiger partial charge in [-0.3, -0.25) is 4.79 Å². The zero-order chi connectivity index (χ0) is 17.7. The highest BCUT2D eigenvalue weighted by molar-refractivity contribution is 8.00. The third-order valence-electron chi connectivity index (χ3n) is 3.16. The Kier molecular flexibility index (Phi) is 5.86. The van der Waals surface area contributed by atoms with Crippen LogP contribution in [0, 0.1) is 6.92 Å². The number of amides is 1. The zero-order valence-corrected chi connectivity index (χ0v) is 14.8. The molecule has 2 rings (SSSR count). The molecule has 1 amide bonds. The van der Waals surface area contributed by atoms with Crippen LogP contribution in [0.4, 0.5) is 11.5 Å². The Labute approximate surface area is 145 Å². The van der Waals surface area contributed by atoms with Gasteiger partial charge in [0, 0.05) is 23.5 Å². The molecular weight excluding hydrogens is 328 g/mol. The summed E-state index contributed by atoms with van der Waals surface area (Å²) >= 11 is 1.25. The normalized spacial score (nSPS) is 11.7. The van der Waals surface area contributed by atoms with Crippen molar-refractivity contribution in [2.75, 3.05) is 25.3 Å². The molecule has 1 aromatic carbocycles. The van der Waals surface area contributed by atoms with Crippen molar-refractivity contribution >= 4 is 29.2 Å². The first-order chi connectivity index (χ1) is 11.4.